The minimum atomic E-state index is -0.375. The molecule has 0 bridgehead atoms. The largest absolute Gasteiger partial charge is 0.454 e. The van der Waals surface area contributed by atoms with Crippen molar-refractivity contribution in [1.82, 2.24) is 5.32 Å². The Morgan fingerprint density at radius 1 is 1.04 bits per heavy atom. The minimum Gasteiger partial charge on any atom is -0.454 e. The molecule has 3 rings (SSSR count). The SMILES string of the molecule is NCCNC(=O)c1ccc(Cl)c(NC(=O)c2ccc3c(c2)OCO3)c1. The molecule has 130 valence electrons. The van der Waals surface area contributed by atoms with Gasteiger partial charge in [0.25, 0.3) is 11.8 Å². The number of fused-ring (bicyclic) bond motifs is 1. The van der Waals surface area contributed by atoms with Gasteiger partial charge in [0, 0.05) is 24.2 Å². The van der Waals surface area contributed by atoms with Gasteiger partial charge >= 0.3 is 0 Å². The lowest BCUT2D eigenvalue weighted by Gasteiger charge is -2.10. The predicted molar refractivity (Wildman–Crippen MR) is 93.4 cm³/mol. The summed E-state index contributed by atoms with van der Waals surface area (Å²) in [5, 5.41) is 5.68. The molecule has 0 unspecified atom stereocenters. The van der Waals surface area contributed by atoms with E-state index in [1.54, 1.807) is 30.3 Å². The molecule has 2 aromatic carbocycles. The monoisotopic (exact) mass is 361 g/mol. The van der Waals surface area contributed by atoms with Gasteiger partial charge in [0.1, 0.15) is 0 Å². The van der Waals surface area contributed by atoms with Crippen molar-refractivity contribution in [2.75, 3.05) is 25.2 Å². The van der Waals surface area contributed by atoms with E-state index in [0.717, 1.165) is 0 Å². The van der Waals surface area contributed by atoms with Crippen LogP contribution in [0.2, 0.25) is 5.02 Å². The van der Waals surface area contributed by atoms with Gasteiger partial charge in [-0.05, 0) is 36.4 Å². The number of carbonyl (C=O) groups excluding carboxylic acids is 2. The van der Waals surface area contributed by atoms with Crippen molar-refractivity contribution < 1.29 is 19.1 Å². The van der Waals surface area contributed by atoms with Crippen molar-refractivity contribution in [3.8, 4) is 11.5 Å². The first kappa shape index (κ1) is 17.1. The Bertz CT molecular complexity index is 826. The van der Waals surface area contributed by atoms with Gasteiger partial charge in [0.05, 0.1) is 10.7 Å². The maximum Gasteiger partial charge on any atom is 0.255 e. The molecule has 7 nitrogen and oxygen atoms in total. The van der Waals surface area contributed by atoms with Crippen LogP contribution in [0.5, 0.6) is 11.5 Å². The fourth-order valence-corrected chi connectivity index (χ4v) is 2.45. The van der Waals surface area contributed by atoms with Crippen LogP contribution in [0.3, 0.4) is 0 Å². The van der Waals surface area contributed by atoms with E-state index < -0.39 is 0 Å². The molecule has 0 atom stereocenters. The average molecular weight is 362 g/mol. The number of carbonyl (C=O) groups is 2. The highest BCUT2D eigenvalue weighted by atomic mass is 35.5. The summed E-state index contributed by atoms with van der Waals surface area (Å²) >= 11 is 6.12. The molecule has 0 radical (unpaired) electrons. The molecule has 0 saturated heterocycles. The first-order chi connectivity index (χ1) is 12.1. The first-order valence-electron chi connectivity index (χ1n) is 7.57. The molecule has 0 saturated carbocycles. The van der Waals surface area contributed by atoms with Crippen molar-refractivity contribution in [3.05, 3.63) is 52.5 Å². The second-order valence-corrected chi connectivity index (χ2v) is 5.67. The van der Waals surface area contributed by atoms with Crippen molar-refractivity contribution in [3.63, 3.8) is 0 Å². The summed E-state index contributed by atoms with van der Waals surface area (Å²) in [5.41, 5.74) is 6.46. The van der Waals surface area contributed by atoms with Crippen LogP contribution in [0.4, 0.5) is 5.69 Å². The van der Waals surface area contributed by atoms with E-state index >= 15 is 0 Å². The van der Waals surface area contributed by atoms with Crippen molar-refractivity contribution in [2.45, 2.75) is 0 Å². The topological polar surface area (TPSA) is 103 Å². The highest BCUT2D eigenvalue weighted by molar-refractivity contribution is 6.34. The summed E-state index contributed by atoms with van der Waals surface area (Å²) in [7, 11) is 0. The lowest BCUT2D eigenvalue weighted by molar-refractivity contribution is 0.0953. The Morgan fingerprint density at radius 3 is 2.56 bits per heavy atom. The zero-order chi connectivity index (χ0) is 17.8. The third-order valence-corrected chi connectivity index (χ3v) is 3.87. The van der Waals surface area contributed by atoms with Crippen molar-refractivity contribution >= 4 is 29.1 Å². The Labute approximate surface area is 149 Å². The molecule has 0 fully saturated rings. The summed E-state index contributed by atoms with van der Waals surface area (Å²) in [6.45, 7) is 0.833. The van der Waals surface area contributed by atoms with Crippen LogP contribution in [0.25, 0.3) is 0 Å². The standard InChI is InChI=1S/C17H16ClN3O4/c18-12-3-1-10(16(22)20-6-5-19)7-13(12)21-17(23)11-2-4-14-15(8-11)25-9-24-14/h1-4,7-8H,5-6,9,19H2,(H,20,22)(H,21,23). The summed E-state index contributed by atoms with van der Waals surface area (Å²) in [6, 6.07) is 9.51. The molecule has 0 aromatic heterocycles. The van der Waals surface area contributed by atoms with Crippen molar-refractivity contribution in [2.24, 2.45) is 5.73 Å². The predicted octanol–water partition coefficient (Wildman–Crippen LogP) is 2.01. The quantitative estimate of drug-likeness (QED) is 0.756. The molecule has 25 heavy (non-hydrogen) atoms. The lowest BCUT2D eigenvalue weighted by Crippen LogP contribution is -2.29. The Hall–Kier alpha value is -2.77. The number of amides is 2. The zero-order valence-corrected chi connectivity index (χ0v) is 13.9. The summed E-state index contributed by atoms with van der Waals surface area (Å²) < 4.78 is 10.5. The maximum absolute atomic E-state index is 12.4. The summed E-state index contributed by atoms with van der Waals surface area (Å²) in [5.74, 6) is 0.433. The van der Waals surface area contributed by atoms with E-state index in [1.807, 2.05) is 0 Å². The Balaban J connectivity index is 1.77. The molecular weight excluding hydrogens is 346 g/mol. The molecule has 1 aliphatic rings. The van der Waals surface area contributed by atoms with Gasteiger partial charge in [-0.2, -0.15) is 0 Å². The molecule has 1 heterocycles. The number of nitrogens with one attached hydrogen (secondary N) is 2. The van der Waals surface area contributed by atoms with Crippen LogP contribution in [0.15, 0.2) is 36.4 Å². The number of hydrogen-bond donors (Lipinski definition) is 3. The number of ether oxygens (including phenoxy) is 2. The number of halogens is 1. The smallest absolute Gasteiger partial charge is 0.255 e. The van der Waals surface area contributed by atoms with Gasteiger partial charge in [0.2, 0.25) is 6.79 Å². The van der Waals surface area contributed by atoms with Crippen molar-refractivity contribution in [1.29, 1.82) is 0 Å². The zero-order valence-electron chi connectivity index (χ0n) is 13.2. The fraction of sp³-hybridized carbons (Fsp3) is 0.176. The van der Waals surface area contributed by atoms with Crippen LogP contribution >= 0.6 is 11.6 Å². The lowest BCUT2D eigenvalue weighted by atomic mass is 10.1. The second-order valence-electron chi connectivity index (χ2n) is 5.26. The number of rotatable bonds is 5. The number of hydrogen-bond acceptors (Lipinski definition) is 5. The molecule has 2 amide bonds. The fourth-order valence-electron chi connectivity index (χ4n) is 2.28. The van der Waals surface area contributed by atoms with Gasteiger partial charge in [0.15, 0.2) is 11.5 Å². The number of anilines is 1. The molecule has 8 heteroatoms. The molecule has 0 spiro atoms. The maximum atomic E-state index is 12.4. The van der Waals surface area contributed by atoms with Crippen LogP contribution < -0.4 is 25.8 Å². The average Bonchev–Trinajstić information content (AvgIpc) is 3.09. The molecule has 4 N–H and O–H groups in total. The van der Waals surface area contributed by atoms with Crippen LogP contribution in [-0.4, -0.2) is 31.7 Å². The number of benzene rings is 2. The van der Waals surface area contributed by atoms with Crippen LogP contribution in [-0.2, 0) is 0 Å². The van der Waals surface area contributed by atoms with E-state index in [2.05, 4.69) is 10.6 Å². The highest BCUT2D eigenvalue weighted by Crippen LogP contribution is 2.33. The van der Waals surface area contributed by atoms with Crippen LogP contribution in [0.1, 0.15) is 20.7 Å². The van der Waals surface area contributed by atoms with E-state index in [0.29, 0.717) is 46.4 Å². The Morgan fingerprint density at radius 2 is 1.76 bits per heavy atom. The van der Waals surface area contributed by atoms with Gasteiger partial charge in [-0.15, -0.1) is 0 Å². The first-order valence-corrected chi connectivity index (χ1v) is 7.95. The van der Waals surface area contributed by atoms with E-state index in [9.17, 15) is 9.59 Å². The minimum absolute atomic E-state index is 0.131. The van der Waals surface area contributed by atoms with E-state index in [4.69, 9.17) is 26.8 Å². The van der Waals surface area contributed by atoms with Gasteiger partial charge < -0.3 is 25.8 Å². The normalized spacial score (nSPS) is 11.9. The third kappa shape index (κ3) is 3.84. The van der Waals surface area contributed by atoms with Gasteiger partial charge in [-0.1, -0.05) is 11.6 Å². The highest BCUT2D eigenvalue weighted by Gasteiger charge is 2.17. The molecular formula is C17H16ClN3O4. The molecule has 0 aliphatic carbocycles. The molecule has 1 aliphatic heterocycles. The second kappa shape index (κ2) is 7.42. The summed E-state index contributed by atoms with van der Waals surface area (Å²) in [4.78, 5) is 24.4. The third-order valence-electron chi connectivity index (χ3n) is 3.54. The van der Waals surface area contributed by atoms with E-state index in [-0.39, 0.29) is 18.6 Å². The van der Waals surface area contributed by atoms with E-state index in [1.165, 1.54) is 6.07 Å². The van der Waals surface area contributed by atoms with Crippen LogP contribution in [0, 0.1) is 0 Å². The van der Waals surface area contributed by atoms with Gasteiger partial charge in [-0.3, -0.25) is 9.59 Å². The molecule has 2 aromatic rings. The summed E-state index contributed by atoms with van der Waals surface area (Å²) in [6.07, 6.45) is 0. The Kier molecular flexibility index (Phi) is 5.06. The van der Waals surface area contributed by atoms with Gasteiger partial charge in [-0.25, -0.2) is 0 Å². The number of nitrogens with two attached hydrogens (primary N) is 1.